The second kappa shape index (κ2) is 6.00. The summed E-state index contributed by atoms with van der Waals surface area (Å²) in [6, 6.07) is 1.65. The largest absolute Gasteiger partial charge is 0.495 e. The van der Waals surface area contributed by atoms with E-state index in [0.29, 0.717) is 10.6 Å². The Balaban J connectivity index is 2.46. The zero-order valence-corrected chi connectivity index (χ0v) is 11.5. The summed E-state index contributed by atoms with van der Waals surface area (Å²) in [6.45, 7) is 1.62. The van der Waals surface area contributed by atoms with Crippen LogP contribution in [0.5, 0.6) is 5.75 Å². The van der Waals surface area contributed by atoms with Crippen LogP contribution in [-0.2, 0) is 4.74 Å². The maximum atomic E-state index is 12.9. The van der Waals surface area contributed by atoms with Crippen LogP contribution in [0.15, 0.2) is 15.9 Å². The van der Waals surface area contributed by atoms with Crippen molar-refractivity contribution < 1.29 is 27.5 Å². The maximum Gasteiger partial charge on any atom is 0.376 e. The smallest absolute Gasteiger partial charge is 0.376 e. The second-order valence-corrected chi connectivity index (χ2v) is 4.49. The summed E-state index contributed by atoms with van der Waals surface area (Å²) in [4.78, 5) is 15.7. The van der Waals surface area contributed by atoms with Crippen molar-refractivity contribution in [2.75, 3.05) is 13.7 Å². The molecule has 0 saturated carbocycles. The Bertz CT molecular complexity index is 608. The van der Waals surface area contributed by atoms with Gasteiger partial charge in [-0.05, 0) is 18.4 Å². The van der Waals surface area contributed by atoms with E-state index in [4.69, 9.17) is 9.15 Å². The molecule has 0 aliphatic heterocycles. The molecule has 0 spiro atoms. The van der Waals surface area contributed by atoms with Gasteiger partial charge in [-0.1, -0.05) is 0 Å². The zero-order chi connectivity index (χ0) is 14.7. The Morgan fingerprint density at radius 3 is 2.90 bits per heavy atom. The first kappa shape index (κ1) is 14.4. The van der Waals surface area contributed by atoms with Gasteiger partial charge in [-0.25, -0.2) is 18.6 Å². The van der Waals surface area contributed by atoms with Crippen LogP contribution in [-0.4, -0.2) is 24.7 Å². The molecule has 0 fully saturated rings. The van der Waals surface area contributed by atoms with Crippen LogP contribution in [0.2, 0.25) is 0 Å². The molecule has 2 rings (SSSR count). The Labute approximate surface area is 117 Å². The SMILES string of the molecule is CCOC(=O)c1oc(-c2sccc2OC)nc1C(F)F. The highest BCUT2D eigenvalue weighted by Crippen LogP contribution is 2.37. The monoisotopic (exact) mass is 303 g/mol. The maximum absolute atomic E-state index is 12.9. The summed E-state index contributed by atoms with van der Waals surface area (Å²) in [7, 11) is 1.44. The molecular formula is C12H11F2NO4S. The predicted octanol–water partition coefficient (Wildman–Crippen LogP) is 3.53. The Hall–Kier alpha value is -1.96. The number of methoxy groups -OCH3 is 1. The number of carbonyl (C=O) groups is 1. The lowest BCUT2D eigenvalue weighted by Gasteiger charge is -1.99. The lowest BCUT2D eigenvalue weighted by atomic mass is 10.3. The second-order valence-electron chi connectivity index (χ2n) is 3.57. The van der Waals surface area contributed by atoms with Gasteiger partial charge in [0.1, 0.15) is 10.6 Å². The van der Waals surface area contributed by atoms with Crippen LogP contribution < -0.4 is 4.74 Å². The third-order valence-corrected chi connectivity index (χ3v) is 3.25. The average Bonchev–Trinajstić information content (AvgIpc) is 3.04. The van der Waals surface area contributed by atoms with E-state index < -0.39 is 23.8 Å². The molecule has 5 nitrogen and oxygen atoms in total. The topological polar surface area (TPSA) is 61.6 Å². The Morgan fingerprint density at radius 2 is 2.30 bits per heavy atom. The number of rotatable bonds is 5. The Morgan fingerprint density at radius 1 is 1.55 bits per heavy atom. The van der Waals surface area contributed by atoms with Gasteiger partial charge < -0.3 is 13.9 Å². The molecule has 0 atom stereocenters. The summed E-state index contributed by atoms with van der Waals surface area (Å²) in [5, 5.41) is 1.70. The fraction of sp³-hybridized carbons (Fsp3) is 0.333. The van der Waals surface area contributed by atoms with Crippen molar-refractivity contribution in [1.82, 2.24) is 4.98 Å². The number of hydrogen-bond donors (Lipinski definition) is 0. The number of carbonyl (C=O) groups excluding carboxylic acids is 1. The molecule has 20 heavy (non-hydrogen) atoms. The molecule has 0 bridgehead atoms. The predicted molar refractivity (Wildman–Crippen MR) is 67.3 cm³/mol. The number of hydrogen-bond acceptors (Lipinski definition) is 6. The zero-order valence-electron chi connectivity index (χ0n) is 10.7. The first-order valence-corrected chi connectivity index (χ1v) is 6.54. The van der Waals surface area contributed by atoms with Gasteiger partial charge in [0.25, 0.3) is 6.43 Å². The summed E-state index contributed by atoms with van der Waals surface area (Å²) in [6.07, 6.45) is -2.93. The van der Waals surface area contributed by atoms with Gasteiger partial charge in [0.05, 0.1) is 13.7 Å². The lowest BCUT2D eigenvalue weighted by molar-refractivity contribution is 0.0476. The van der Waals surface area contributed by atoms with Crippen LogP contribution in [0.4, 0.5) is 8.78 Å². The van der Waals surface area contributed by atoms with Gasteiger partial charge in [0.15, 0.2) is 5.69 Å². The minimum Gasteiger partial charge on any atom is -0.495 e. The highest BCUT2D eigenvalue weighted by molar-refractivity contribution is 7.13. The van der Waals surface area contributed by atoms with Gasteiger partial charge in [-0.3, -0.25) is 0 Å². The third kappa shape index (κ3) is 2.64. The molecule has 0 amide bonds. The fourth-order valence-corrected chi connectivity index (χ4v) is 2.32. The lowest BCUT2D eigenvalue weighted by Crippen LogP contribution is -2.06. The van der Waals surface area contributed by atoms with Crippen LogP contribution >= 0.6 is 11.3 Å². The highest BCUT2D eigenvalue weighted by Gasteiger charge is 2.29. The molecule has 0 unspecified atom stereocenters. The number of thiophene rings is 1. The van der Waals surface area contributed by atoms with E-state index >= 15 is 0 Å². The van der Waals surface area contributed by atoms with Crippen molar-refractivity contribution in [2.45, 2.75) is 13.3 Å². The fourth-order valence-electron chi connectivity index (χ4n) is 1.53. The minimum atomic E-state index is -2.93. The van der Waals surface area contributed by atoms with Crippen LogP contribution in [0.3, 0.4) is 0 Å². The molecular weight excluding hydrogens is 292 g/mol. The van der Waals surface area contributed by atoms with Crippen LogP contribution in [0.1, 0.15) is 29.6 Å². The molecule has 0 aliphatic rings. The normalized spacial score (nSPS) is 10.8. The van der Waals surface area contributed by atoms with E-state index in [9.17, 15) is 13.6 Å². The van der Waals surface area contributed by atoms with E-state index in [1.165, 1.54) is 18.4 Å². The number of esters is 1. The van der Waals surface area contributed by atoms with E-state index in [2.05, 4.69) is 9.72 Å². The first-order valence-electron chi connectivity index (χ1n) is 5.66. The highest BCUT2D eigenvalue weighted by atomic mass is 32.1. The minimum absolute atomic E-state index is 0.0554. The van der Waals surface area contributed by atoms with Gasteiger partial charge >= 0.3 is 5.97 Å². The van der Waals surface area contributed by atoms with E-state index in [1.54, 1.807) is 18.4 Å². The number of ether oxygens (including phenoxy) is 2. The molecule has 0 N–H and O–H groups in total. The van der Waals surface area contributed by atoms with Crippen LogP contribution in [0.25, 0.3) is 10.8 Å². The van der Waals surface area contributed by atoms with Crippen molar-refractivity contribution in [3.8, 4) is 16.5 Å². The summed E-state index contributed by atoms with van der Waals surface area (Å²) < 4.78 is 40.7. The number of aromatic nitrogens is 1. The summed E-state index contributed by atoms with van der Waals surface area (Å²) >= 11 is 1.21. The molecule has 2 aromatic rings. The summed E-state index contributed by atoms with van der Waals surface area (Å²) in [5.74, 6) is -1.19. The van der Waals surface area contributed by atoms with Crippen molar-refractivity contribution in [1.29, 1.82) is 0 Å². The molecule has 2 heterocycles. The molecule has 2 aromatic heterocycles. The quantitative estimate of drug-likeness (QED) is 0.791. The average molecular weight is 303 g/mol. The van der Waals surface area contributed by atoms with Gasteiger partial charge in [0.2, 0.25) is 11.7 Å². The molecule has 0 radical (unpaired) electrons. The third-order valence-electron chi connectivity index (χ3n) is 2.36. The van der Waals surface area contributed by atoms with Gasteiger partial charge in [-0.2, -0.15) is 0 Å². The van der Waals surface area contributed by atoms with Gasteiger partial charge in [-0.15, -0.1) is 11.3 Å². The number of oxazole rings is 1. The van der Waals surface area contributed by atoms with Crippen molar-refractivity contribution in [3.63, 3.8) is 0 Å². The molecule has 0 aliphatic carbocycles. The summed E-state index contributed by atoms with van der Waals surface area (Å²) in [5.41, 5.74) is -0.728. The standard InChI is InChI=1S/C12H11F2NO4S/c1-3-18-12(16)8-7(10(13)14)15-11(19-8)9-6(17-2)4-5-20-9/h4-5,10H,3H2,1-2H3. The number of nitrogens with zero attached hydrogens (tertiary/aromatic N) is 1. The molecule has 0 saturated heterocycles. The molecule has 0 aromatic carbocycles. The van der Waals surface area contributed by atoms with Crippen molar-refractivity contribution >= 4 is 17.3 Å². The van der Waals surface area contributed by atoms with E-state index in [1.807, 2.05) is 0 Å². The van der Waals surface area contributed by atoms with Gasteiger partial charge in [0, 0.05) is 0 Å². The number of halogens is 2. The first-order chi connectivity index (χ1) is 9.58. The van der Waals surface area contributed by atoms with Crippen LogP contribution in [0, 0.1) is 0 Å². The van der Waals surface area contributed by atoms with Crippen molar-refractivity contribution in [2.24, 2.45) is 0 Å². The van der Waals surface area contributed by atoms with E-state index in [0.717, 1.165) is 0 Å². The molecule has 8 heteroatoms. The van der Waals surface area contributed by atoms with E-state index in [-0.39, 0.29) is 12.5 Å². The molecule has 108 valence electrons. The Kier molecular flexibility index (Phi) is 4.33. The number of alkyl halides is 2. The van der Waals surface area contributed by atoms with Crippen molar-refractivity contribution in [3.05, 3.63) is 22.9 Å².